The van der Waals surface area contributed by atoms with Gasteiger partial charge in [0.05, 0.1) is 5.75 Å². The molecule has 1 aliphatic carbocycles. The van der Waals surface area contributed by atoms with Crippen LogP contribution in [0.2, 0.25) is 0 Å². The summed E-state index contributed by atoms with van der Waals surface area (Å²) in [6.07, 6.45) is 5.43. The molecule has 4 nitrogen and oxygen atoms in total. The molecule has 1 heterocycles. The lowest BCUT2D eigenvalue weighted by Crippen LogP contribution is -2.30. The number of para-hydroxylation sites is 2. The van der Waals surface area contributed by atoms with E-state index in [0.717, 1.165) is 42.6 Å². The van der Waals surface area contributed by atoms with Crippen LogP contribution in [0, 0.1) is 5.92 Å². The quantitative estimate of drug-likeness (QED) is 0.633. The van der Waals surface area contributed by atoms with E-state index in [-0.39, 0.29) is 23.1 Å². The molecule has 1 N–H and O–H groups in total. The molecule has 1 aliphatic heterocycles. The first-order valence-electron chi connectivity index (χ1n) is 11.0. The van der Waals surface area contributed by atoms with Gasteiger partial charge in [0.2, 0.25) is 11.8 Å². The summed E-state index contributed by atoms with van der Waals surface area (Å²) in [7, 11) is 0. The van der Waals surface area contributed by atoms with Gasteiger partial charge in [0.25, 0.3) is 0 Å². The maximum absolute atomic E-state index is 12.9. The molecule has 0 bridgehead atoms. The van der Waals surface area contributed by atoms with Crippen molar-refractivity contribution in [2.45, 2.75) is 57.2 Å². The Balaban J connectivity index is 1.65. The number of carbonyl (C=O) groups is 2. The molecule has 5 heteroatoms. The highest BCUT2D eigenvalue weighted by Crippen LogP contribution is 2.46. The first-order chi connectivity index (χ1) is 14.6. The Morgan fingerprint density at radius 2 is 1.73 bits per heavy atom. The van der Waals surface area contributed by atoms with Gasteiger partial charge in [-0.1, -0.05) is 69.5 Å². The van der Waals surface area contributed by atoms with Crippen molar-refractivity contribution in [2.75, 3.05) is 16.0 Å². The van der Waals surface area contributed by atoms with E-state index < -0.39 is 0 Å². The van der Waals surface area contributed by atoms with Gasteiger partial charge < -0.3 is 5.32 Å². The standard InChI is InChI=1S/C25H30N2O2S/c1-17(2)19-12-7-9-15-22(19)27-23(28)16-30-25(27)20-13-6-8-14-21(20)26-24(29)18-10-4-3-5-11-18/h6-9,12-15,17-18,25H,3-5,10-11,16H2,1-2H3,(H,26,29). The SMILES string of the molecule is CC(C)c1ccccc1N1C(=O)CSC1c1ccccc1NC(=O)C1CCCCC1. The van der Waals surface area contributed by atoms with E-state index in [1.807, 2.05) is 47.4 Å². The molecule has 1 atom stereocenters. The normalized spacial score (nSPS) is 20.0. The second-order valence-corrected chi connectivity index (χ2v) is 9.62. The highest BCUT2D eigenvalue weighted by atomic mass is 32.2. The minimum Gasteiger partial charge on any atom is -0.325 e. The first-order valence-corrected chi connectivity index (χ1v) is 12.0. The Labute approximate surface area is 183 Å². The number of amides is 2. The number of thioether (sulfide) groups is 1. The van der Waals surface area contributed by atoms with E-state index in [1.54, 1.807) is 11.8 Å². The van der Waals surface area contributed by atoms with Crippen LogP contribution in [-0.4, -0.2) is 17.6 Å². The molecule has 158 valence electrons. The van der Waals surface area contributed by atoms with Crippen molar-refractivity contribution < 1.29 is 9.59 Å². The van der Waals surface area contributed by atoms with Gasteiger partial charge in [0.15, 0.2) is 0 Å². The molecule has 1 saturated heterocycles. The van der Waals surface area contributed by atoms with E-state index in [4.69, 9.17) is 0 Å². The third-order valence-electron chi connectivity index (χ3n) is 6.15. The summed E-state index contributed by atoms with van der Waals surface area (Å²) < 4.78 is 0. The van der Waals surface area contributed by atoms with E-state index in [9.17, 15) is 9.59 Å². The van der Waals surface area contributed by atoms with Crippen molar-refractivity contribution in [1.29, 1.82) is 0 Å². The van der Waals surface area contributed by atoms with E-state index >= 15 is 0 Å². The number of anilines is 2. The summed E-state index contributed by atoms with van der Waals surface area (Å²) >= 11 is 1.63. The third kappa shape index (κ3) is 4.27. The summed E-state index contributed by atoms with van der Waals surface area (Å²) in [6, 6.07) is 16.1. The van der Waals surface area contributed by atoms with Crippen molar-refractivity contribution in [1.82, 2.24) is 0 Å². The van der Waals surface area contributed by atoms with Gasteiger partial charge in [0.1, 0.15) is 5.37 Å². The molecule has 0 aromatic heterocycles. The van der Waals surface area contributed by atoms with E-state index in [2.05, 4.69) is 25.2 Å². The molecule has 4 rings (SSSR count). The lowest BCUT2D eigenvalue weighted by molar-refractivity contribution is -0.120. The van der Waals surface area contributed by atoms with Crippen molar-refractivity contribution >= 4 is 35.0 Å². The molecular formula is C25H30N2O2S. The minimum atomic E-state index is -0.139. The second-order valence-electron chi connectivity index (χ2n) is 8.55. The number of hydrogen-bond donors (Lipinski definition) is 1. The predicted molar refractivity (Wildman–Crippen MR) is 125 cm³/mol. The zero-order valence-corrected chi connectivity index (χ0v) is 18.6. The molecule has 2 aromatic carbocycles. The first kappa shape index (κ1) is 21.0. The number of rotatable bonds is 5. The van der Waals surface area contributed by atoms with Gasteiger partial charge in [-0.05, 0) is 36.5 Å². The summed E-state index contributed by atoms with van der Waals surface area (Å²) in [4.78, 5) is 27.7. The smallest absolute Gasteiger partial charge is 0.238 e. The van der Waals surface area contributed by atoms with Crippen LogP contribution < -0.4 is 10.2 Å². The lowest BCUT2D eigenvalue weighted by atomic mass is 9.88. The Morgan fingerprint density at radius 1 is 1.03 bits per heavy atom. The van der Waals surface area contributed by atoms with Gasteiger partial charge >= 0.3 is 0 Å². The van der Waals surface area contributed by atoms with E-state index in [1.165, 1.54) is 12.0 Å². The summed E-state index contributed by atoms with van der Waals surface area (Å²) in [6.45, 7) is 4.31. The van der Waals surface area contributed by atoms with Gasteiger partial charge in [-0.25, -0.2) is 0 Å². The Kier molecular flexibility index (Phi) is 6.47. The Bertz CT molecular complexity index is 921. The zero-order valence-electron chi connectivity index (χ0n) is 17.8. The zero-order chi connectivity index (χ0) is 21.1. The maximum Gasteiger partial charge on any atom is 0.238 e. The van der Waals surface area contributed by atoms with Gasteiger partial charge in [0, 0.05) is 22.9 Å². The molecule has 2 fully saturated rings. The third-order valence-corrected chi connectivity index (χ3v) is 7.34. The largest absolute Gasteiger partial charge is 0.325 e. The molecule has 2 aromatic rings. The molecule has 2 aliphatic rings. The van der Waals surface area contributed by atoms with Crippen LogP contribution in [0.1, 0.15) is 68.4 Å². The molecule has 0 radical (unpaired) electrons. The Morgan fingerprint density at radius 3 is 2.50 bits per heavy atom. The highest BCUT2D eigenvalue weighted by Gasteiger charge is 2.37. The fourth-order valence-electron chi connectivity index (χ4n) is 4.54. The van der Waals surface area contributed by atoms with Gasteiger partial charge in [-0.2, -0.15) is 0 Å². The number of nitrogens with zero attached hydrogens (tertiary/aromatic N) is 1. The van der Waals surface area contributed by atoms with Crippen molar-refractivity contribution in [3.8, 4) is 0 Å². The van der Waals surface area contributed by atoms with Crippen LogP contribution in [0.3, 0.4) is 0 Å². The number of hydrogen-bond acceptors (Lipinski definition) is 3. The topological polar surface area (TPSA) is 49.4 Å². The molecule has 2 amide bonds. The van der Waals surface area contributed by atoms with Gasteiger partial charge in [-0.15, -0.1) is 11.8 Å². The summed E-state index contributed by atoms with van der Waals surface area (Å²) in [5.74, 6) is 1.10. The van der Waals surface area contributed by atoms with Crippen LogP contribution >= 0.6 is 11.8 Å². The fraction of sp³-hybridized carbons (Fsp3) is 0.440. The van der Waals surface area contributed by atoms with Crippen molar-refractivity contribution in [2.24, 2.45) is 5.92 Å². The van der Waals surface area contributed by atoms with Crippen LogP contribution in [0.5, 0.6) is 0 Å². The summed E-state index contributed by atoms with van der Waals surface area (Å²) in [5.41, 5.74) is 3.96. The van der Waals surface area contributed by atoms with Gasteiger partial charge in [-0.3, -0.25) is 14.5 Å². The van der Waals surface area contributed by atoms with Crippen LogP contribution in [0.25, 0.3) is 0 Å². The molecular weight excluding hydrogens is 392 g/mol. The number of nitrogens with one attached hydrogen (secondary N) is 1. The second kappa shape index (κ2) is 9.25. The number of benzene rings is 2. The Hall–Kier alpha value is -2.27. The lowest BCUT2D eigenvalue weighted by Gasteiger charge is -2.29. The molecule has 0 spiro atoms. The molecule has 1 unspecified atom stereocenters. The summed E-state index contributed by atoms with van der Waals surface area (Å²) in [5, 5.41) is 3.05. The molecule has 1 saturated carbocycles. The minimum absolute atomic E-state index is 0.0995. The number of carbonyl (C=O) groups excluding carboxylic acids is 2. The maximum atomic E-state index is 12.9. The molecule has 30 heavy (non-hydrogen) atoms. The van der Waals surface area contributed by atoms with Crippen LogP contribution in [0.4, 0.5) is 11.4 Å². The fourth-order valence-corrected chi connectivity index (χ4v) is 5.74. The van der Waals surface area contributed by atoms with E-state index in [0.29, 0.717) is 11.7 Å². The van der Waals surface area contributed by atoms with Crippen molar-refractivity contribution in [3.05, 3.63) is 59.7 Å². The van der Waals surface area contributed by atoms with Crippen molar-refractivity contribution in [3.63, 3.8) is 0 Å². The monoisotopic (exact) mass is 422 g/mol. The average molecular weight is 423 g/mol. The average Bonchev–Trinajstić information content (AvgIpc) is 3.15. The van der Waals surface area contributed by atoms with Crippen LogP contribution in [0.15, 0.2) is 48.5 Å². The predicted octanol–water partition coefficient (Wildman–Crippen LogP) is 6.11. The highest BCUT2D eigenvalue weighted by molar-refractivity contribution is 8.00. The van der Waals surface area contributed by atoms with Crippen LogP contribution in [-0.2, 0) is 9.59 Å².